The van der Waals surface area contributed by atoms with Crippen molar-refractivity contribution in [3.63, 3.8) is 0 Å². The van der Waals surface area contributed by atoms with Crippen LogP contribution in [-0.2, 0) is 0 Å². The Kier molecular flexibility index (Phi) is 3.30. The number of aromatic nitrogens is 4. The smallest absolute Gasteiger partial charge is 0.182 e. The number of hydrogen-bond donors (Lipinski definition) is 1. The third kappa shape index (κ3) is 2.59. The van der Waals surface area contributed by atoms with Crippen LogP contribution in [0.15, 0.2) is 18.2 Å². The van der Waals surface area contributed by atoms with Crippen molar-refractivity contribution in [1.82, 2.24) is 20.2 Å². The molecular formula is C14H21N5. The maximum atomic E-state index is 5.79. The standard InChI is InChI=1S/C14H21N5/c1-9-8-11(15)6-7-12(9)13-16-17-18-19(13)10(2)14(3,4)5/h6-8,10H,15H2,1-5H3. The lowest BCUT2D eigenvalue weighted by Gasteiger charge is -2.27. The largest absolute Gasteiger partial charge is 0.399 e. The third-order valence-corrected chi connectivity index (χ3v) is 3.60. The molecule has 2 rings (SSSR count). The number of anilines is 1. The first kappa shape index (κ1) is 13.5. The van der Waals surface area contributed by atoms with Crippen LogP contribution in [0.5, 0.6) is 0 Å². The average Bonchev–Trinajstić information content (AvgIpc) is 2.75. The molecule has 0 spiro atoms. The number of nitrogens with two attached hydrogens (primary N) is 1. The zero-order chi connectivity index (χ0) is 14.2. The van der Waals surface area contributed by atoms with E-state index in [0.29, 0.717) is 0 Å². The SMILES string of the molecule is Cc1cc(N)ccc1-c1nnnn1C(C)C(C)(C)C. The number of rotatable bonds is 2. The Morgan fingerprint density at radius 1 is 1.26 bits per heavy atom. The fourth-order valence-corrected chi connectivity index (χ4v) is 1.94. The molecule has 1 heterocycles. The second kappa shape index (κ2) is 4.64. The molecule has 0 saturated carbocycles. The van der Waals surface area contributed by atoms with E-state index in [9.17, 15) is 0 Å². The van der Waals surface area contributed by atoms with Gasteiger partial charge in [0.2, 0.25) is 0 Å². The minimum absolute atomic E-state index is 0.0891. The van der Waals surface area contributed by atoms with E-state index in [4.69, 9.17) is 5.73 Å². The molecule has 0 aliphatic rings. The molecule has 102 valence electrons. The predicted molar refractivity (Wildman–Crippen MR) is 76.6 cm³/mol. The summed E-state index contributed by atoms with van der Waals surface area (Å²) >= 11 is 0. The molecule has 0 fully saturated rings. The normalized spacial score (nSPS) is 13.5. The van der Waals surface area contributed by atoms with E-state index in [1.165, 1.54) is 0 Å². The van der Waals surface area contributed by atoms with Crippen LogP contribution >= 0.6 is 0 Å². The van der Waals surface area contributed by atoms with Crippen LogP contribution in [0.2, 0.25) is 0 Å². The van der Waals surface area contributed by atoms with E-state index in [1.54, 1.807) is 0 Å². The minimum Gasteiger partial charge on any atom is -0.399 e. The lowest BCUT2D eigenvalue weighted by atomic mass is 9.88. The number of nitrogens with zero attached hydrogens (tertiary/aromatic N) is 4. The van der Waals surface area contributed by atoms with Crippen molar-refractivity contribution in [1.29, 1.82) is 0 Å². The van der Waals surface area contributed by atoms with Gasteiger partial charge in [-0.05, 0) is 53.5 Å². The first-order valence-corrected chi connectivity index (χ1v) is 6.45. The molecule has 2 aromatic rings. The molecule has 1 aromatic heterocycles. The number of hydrogen-bond acceptors (Lipinski definition) is 4. The molecule has 0 amide bonds. The van der Waals surface area contributed by atoms with Crippen molar-refractivity contribution in [3.8, 4) is 11.4 Å². The highest BCUT2D eigenvalue weighted by atomic mass is 15.5. The maximum absolute atomic E-state index is 5.79. The number of aryl methyl sites for hydroxylation is 1. The minimum atomic E-state index is 0.0891. The van der Waals surface area contributed by atoms with Gasteiger partial charge in [-0.25, -0.2) is 4.68 Å². The highest BCUT2D eigenvalue weighted by molar-refractivity contribution is 5.63. The quantitative estimate of drug-likeness (QED) is 0.842. The highest BCUT2D eigenvalue weighted by Gasteiger charge is 2.26. The Hall–Kier alpha value is -1.91. The average molecular weight is 259 g/mol. The monoisotopic (exact) mass is 259 g/mol. The van der Waals surface area contributed by atoms with Gasteiger partial charge in [-0.2, -0.15) is 0 Å². The van der Waals surface area contributed by atoms with E-state index in [-0.39, 0.29) is 11.5 Å². The molecule has 1 atom stereocenters. The lowest BCUT2D eigenvalue weighted by molar-refractivity contribution is 0.243. The number of tetrazole rings is 1. The van der Waals surface area contributed by atoms with E-state index in [1.807, 2.05) is 29.8 Å². The van der Waals surface area contributed by atoms with Gasteiger partial charge in [0.15, 0.2) is 5.82 Å². The van der Waals surface area contributed by atoms with Crippen molar-refractivity contribution >= 4 is 5.69 Å². The molecule has 0 radical (unpaired) electrons. The topological polar surface area (TPSA) is 69.6 Å². The second-order valence-corrected chi connectivity index (χ2v) is 6.06. The molecule has 2 N–H and O–H groups in total. The fraction of sp³-hybridized carbons (Fsp3) is 0.500. The van der Waals surface area contributed by atoms with Crippen molar-refractivity contribution in [2.24, 2.45) is 5.41 Å². The molecule has 0 aliphatic carbocycles. The van der Waals surface area contributed by atoms with Crippen molar-refractivity contribution in [2.45, 2.75) is 40.7 Å². The van der Waals surface area contributed by atoms with Gasteiger partial charge in [-0.1, -0.05) is 20.8 Å². The third-order valence-electron chi connectivity index (χ3n) is 3.60. The zero-order valence-electron chi connectivity index (χ0n) is 12.2. The van der Waals surface area contributed by atoms with Gasteiger partial charge in [-0.3, -0.25) is 0 Å². The van der Waals surface area contributed by atoms with E-state index < -0.39 is 0 Å². The zero-order valence-corrected chi connectivity index (χ0v) is 12.2. The summed E-state index contributed by atoms with van der Waals surface area (Å²) in [6.45, 7) is 10.7. The molecule has 1 aromatic carbocycles. The van der Waals surface area contributed by atoms with Gasteiger partial charge in [0.05, 0.1) is 6.04 Å². The number of nitrogen functional groups attached to an aromatic ring is 1. The van der Waals surface area contributed by atoms with Gasteiger partial charge in [-0.15, -0.1) is 5.10 Å². The van der Waals surface area contributed by atoms with Crippen LogP contribution in [0.1, 0.15) is 39.3 Å². The summed E-state index contributed by atoms with van der Waals surface area (Å²) in [4.78, 5) is 0. The Morgan fingerprint density at radius 2 is 1.95 bits per heavy atom. The molecule has 5 heteroatoms. The van der Waals surface area contributed by atoms with Gasteiger partial charge >= 0.3 is 0 Å². The van der Waals surface area contributed by atoms with Crippen LogP contribution in [0, 0.1) is 12.3 Å². The number of benzene rings is 1. The molecule has 1 unspecified atom stereocenters. The first-order valence-electron chi connectivity index (χ1n) is 6.45. The van der Waals surface area contributed by atoms with Gasteiger partial charge in [0.1, 0.15) is 0 Å². The van der Waals surface area contributed by atoms with Crippen LogP contribution in [-0.4, -0.2) is 20.2 Å². The van der Waals surface area contributed by atoms with Crippen molar-refractivity contribution in [3.05, 3.63) is 23.8 Å². The van der Waals surface area contributed by atoms with Gasteiger partial charge in [0.25, 0.3) is 0 Å². The van der Waals surface area contributed by atoms with Crippen molar-refractivity contribution < 1.29 is 0 Å². The van der Waals surface area contributed by atoms with Gasteiger partial charge < -0.3 is 5.73 Å². The van der Waals surface area contributed by atoms with Crippen LogP contribution in [0.25, 0.3) is 11.4 Å². The fourth-order valence-electron chi connectivity index (χ4n) is 1.94. The molecule has 5 nitrogen and oxygen atoms in total. The summed E-state index contributed by atoms with van der Waals surface area (Å²) in [5, 5.41) is 12.1. The van der Waals surface area contributed by atoms with Gasteiger partial charge in [0, 0.05) is 11.3 Å². The summed E-state index contributed by atoms with van der Waals surface area (Å²) in [5.74, 6) is 0.792. The summed E-state index contributed by atoms with van der Waals surface area (Å²) in [7, 11) is 0. The summed E-state index contributed by atoms with van der Waals surface area (Å²) in [5.41, 5.74) is 8.74. The first-order chi connectivity index (χ1) is 8.80. The molecular weight excluding hydrogens is 238 g/mol. The Balaban J connectivity index is 2.50. The molecule has 0 aliphatic heterocycles. The molecule has 0 bridgehead atoms. The molecule has 19 heavy (non-hydrogen) atoms. The van der Waals surface area contributed by atoms with Crippen LogP contribution in [0.4, 0.5) is 5.69 Å². The summed E-state index contributed by atoms with van der Waals surface area (Å²) in [6.07, 6.45) is 0. The predicted octanol–water partition coefficient (Wildman–Crippen LogP) is 2.84. The summed E-state index contributed by atoms with van der Waals surface area (Å²) in [6, 6.07) is 6.00. The highest BCUT2D eigenvalue weighted by Crippen LogP contribution is 2.33. The van der Waals surface area contributed by atoms with E-state index >= 15 is 0 Å². The maximum Gasteiger partial charge on any atom is 0.182 e. The van der Waals surface area contributed by atoms with Crippen LogP contribution in [0.3, 0.4) is 0 Å². The Morgan fingerprint density at radius 3 is 2.53 bits per heavy atom. The molecule has 0 saturated heterocycles. The van der Waals surface area contributed by atoms with E-state index in [0.717, 1.165) is 22.6 Å². The Bertz CT molecular complexity index is 580. The van der Waals surface area contributed by atoms with Crippen LogP contribution < -0.4 is 5.73 Å². The second-order valence-electron chi connectivity index (χ2n) is 6.06. The Labute approximate surface area is 113 Å². The summed E-state index contributed by atoms with van der Waals surface area (Å²) < 4.78 is 1.89. The van der Waals surface area contributed by atoms with Crippen molar-refractivity contribution in [2.75, 3.05) is 5.73 Å². The van der Waals surface area contributed by atoms with E-state index in [2.05, 4.69) is 43.2 Å². The lowest BCUT2D eigenvalue weighted by Crippen LogP contribution is -2.23.